The molecule has 1 aliphatic rings. The van der Waals surface area contributed by atoms with Crippen LogP contribution in [0.2, 0.25) is 10.0 Å². The van der Waals surface area contributed by atoms with Gasteiger partial charge in [0.1, 0.15) is 0 Å². The predicted octanol–water partition coefficient (Wildman–Crippen LogP) is 4.82. The minimum Gasteiger partial charge on any atom is -0.494 e. The molecule has 3 amide bonds. The molecule has 1 aliphatic heterocycles. The van der Waals surface area contributed by atoms with Crippen LogP contribution in [-0.2, 0) is 0 Å². The van der Waals surface area contributed by atoms with Crippen LogP contribution >= 0.6 is 23.2 Å². The van der Waals surface area contributed by atoms with Crippen molar-refractivity contribution in [3.8, 4) is 5.75 Å². The number of urea groups is 1. The van der Waals surface area contributed by atoms with Crippen LogP contribution in [0.15, 0.2) is 42.5 Å². The van der Waals surface area contributed by atoms with E-state index in [2.05, 4.69) is 10.6 Å². The number of nitrogens with one attached hydrogen (secondary N) is 2. The molecule has 2 aromatic carbocycles. The van der Waals surface area contributed by atoms with Crippen molar-refractivity contribution < 1.29 is 14.3 Å². The fourth-order valence-corrected chi connectivity index (χ4v) is 4.07. The number of halogens is 2. The van der Waals surface area contributed by atoms with Crippen molar-refractivity contribution in [1.29, 1.82) is 0 Å². The van der Waals surface area contributed by atoms with E-state index in [1.54, 1.807) is 17.0 Å². The summed E-state index contributed by atoms with van der Waals surface area (Å²) < 4.78 is 5.15. The molecule has 6 nitrogen and oxygen atoms in total. The van der Waals surface area contributed by atoms with E-state index in [0.717, 1.165) is 19.3 Å². The molecule has 1 atom stereocenters. The molecule has 0 aliphatic carbocycles. The Balaban J connectivity index is 1.66. The van der Waals surface area contributed by atoms with E-state index in [-0.39, 0.29) is 28.0 Å². The lowest BCUT2D eigenvalue weighted by atomic mass is 10.0. The Kier molecular flexibility index (Phi) is 7.23. The summed E-state index contributed by atoms with van der Waals surface area (Å²) in [6.07, 6.45) is 2.73. The number of hydrogen-bond acceptors (Lipinski definition) is 3. The molecule has 0 aromatic heterocycles. The van der Waals surface area contributed by atoms with E-state index in [9.17, 15) is 9.59 Å². The predicted molar refractivity (Wildman–Crippen MR) is 115 cm³/mol. The number of hydrogen-bond donors (Lipinski definition) is 2. The van der Waals surface area contributed by atoms with Gasteiger partial charge in [0.2, 0.25) is 0 Å². The molecule has 1 unspecified atom stereocenters. The zero-order valence-electron chi connectivity index (χ0n) is 16.1. The Morgan fingerprint density at radius 3 is 2.48 bits per heavy atom. The SMILES string of the molecule is COc1c(Cl)cc(C(=O)N2CCCCC2CNC(=O)Nc2ccccc2)cc1Cl. The third-order valence-corrected chi connectivity index (χ3v) is 5.43. The lowest BCUT2D eigenvalue weighted by Gasteiger charge is -2.36. The van der Waals surface area contributed by atoms with Crippen LogP contribution in [0, 0.1) is 0 Å². The van der Waals surface area contributed by atoms with Crippen LogP contribution in [0.25, 0.3) is 0 Å². The number of rotatable bonds is 5. The van der Waals surface area contributed by atoms with Crippen molar-refractivity contribution in [1.82, 2.24) is 10.2 Å². The van der Waals surface area contributed by atoms with Gasteiger partial charge in [0.15, 0.2) is 5.75 Å². The third kappa shape index (κ3) is 5.34. The maximum absolute atomic E-state index is 13.1. The summed E-state index contributed by atoms with van der Waals surface area (Å²) in [7, 11) is 1.47. The minimum atomic E-state index is -0.301. The van der Waals surface area contributed by atoms with Gasteiger partial charge >= 0.3 is 6.03 Å². The van der Waals surface area contributed by atoms with Crippen molar-refractivity contribution >= 4 is 40.8 Å². The summed E-state index contributed by atoms with van der Waals surface area (Å²) in [6, 6.07) is 11.9. The number of carbonyl (C=O) groups is 2. The molecule has 154 valence electrons. The molecular formula is C21H23Cl2N3O3. The normalized spacial score (nSPS) is 16.2. The lowest BCUT2D eigenvalue weighted by Crippen LogP contribution is -2.50. The van der Waals surface area contributed by atoms with Crippen LogP contribution in [0.5, 0.6) is 5.75 Å². The van der Waals surface area contributed by atoms with Crippen molar-refractivity contribution in [2.75, 3.05) is 25.5 Å². The second-order valence-electron chi connectivity index (χ2n) is 6.82. The van der Waals surface area contributed by atoms with Gasteiger partial charge in [0, 0.05) is 30.4 Å². The second-order valence-corrected chi connectivity index (χ2v) is 7.64. The van der Waals surface area contributed by atoms with Crippen LogP contribution in [0.4, 0.5) is 10.5 Å². The Morgan fingerprint density at radius 1 is 1.14 bits per heavy atom. The molecule has 0 radical (unpaired) electrons. The molecule has 2 N–H and O–H groups in total. The zero-order valence-corrected chi connectivity index (χ0v) is 17.6. The first-order valence-electron chi connectivity index (χ1n) is 9.43. The molecule has 8 heteroatoms. The molecule has 2 aromatic rings. The van der Waals surface area contributed by atoms with E-state index in [1.165, 1.54) is 7.11 Å². The topological polar surface area (TPSA) is 70.7 Å². The number of nitrogens with zero attached hydrogens (tertiary/aromatic N) is 1. The number of amides is 3. The van der Waals surface area contributed by atoms with Gasteiger partial charge in [-0.3, -0.25) is 4.79 Å². The van der Waals surface area contributed by atoms with Gasteiger partial charge in [-0.2, -0.15) is 0 Å². The van der Waals surface area contributed by atoms with Gasteiger partial charge in [0.25, 0.3) is 5.91 Å². The quantitative estimate of drug-likeness (QED) is 0.706. The number of benzene rings is 2. The zero-order chi connectivity index (χ0) is 20.8. The van der Waals surface area contributed by atoms with Crippen LogP contribution < -0.4 is 15.4 Å². The number of carbonyl (C=O) groups excluding carboxylic acids is 2. The highest BCUT2D eigenvalue weighted by Gasteiger charge is 2.28. The van der Waals surface area contributed by atoms with Gasteiger partial charge in [0.05, 0.1) is 17.2 Å². The molecule has 1 fully saturated rings. The Bertz CT molecular complexity index is 854. The maximum Gasteiger partial charge on any atom is 0.319 e. The number of likely N-dealkylation sites (tertiary alicyclic amines) is 1. The summed E-state index contributed by atoms with van der Waals surface area (Å²) in [5.41, 5.74) is 1.12. The highest BCUT2D eigenvalue weighted by atomic mass is 35.5. The largest absolute Gasteiger partial charge is 0.494 e. The number of para-hydroxylation sites is 1. The van der Waals surface area contributed by atoms with Crippen LogP contribution in [0.3, 0.4) is 0 Å². The standard InChI is InChI=1S/C21H23Cl2N3O3/c1-29-19-17(22)11-14(12-18(19)23)20(27)26-10-6-5-9-16(26)13-24-21(28)25-15-7-3-2-4-8-15/h2-4,7-8,11-12,16H,5-6,9-10,13H2,1H3,(H2,24,25,28). The van der Waals surface area contributed by atoms with Crippen molar-refractivity contribution in [3.63, 3.8) is 0 Å². The monoisotopic (exact) mass is 435 g/mol. The highest BCUT2D eigenvalue weighted by Crippen LogP contribution is 2.34. The minimum absolute atomic E-state index is 0.0996. The molecule has 1 heterocycles. The second kappa shape index (κ2) is 9.85. The molecule has 0 spiro atoms. The lowest BCUT2D eigenvalue weighted by molar-refractivity contribution is 0.0615. The maximum atomic E-state index is 13.1. The summed E-state index contributed by atoms with van der Waals surface area (Å²) >= 11 is 12.4. The molecule has 3 rings (SSSR count). The number of ether oxygens (including phenoxy) is 1. The van der Waals surface area contributed by atoms with Crippen molar-refractivity contribution in [2.45, 2.75) is 25.3 Å². The highest BCUT2D eigenvalue weighted by molar-refractivity contribution is 6.37. The smallest absolute Gasteiger partial charge is 0.319 e. The first-order valence-corrected chi connectivity index (χ1v) is 10.2. The van der Waals surface area contributed by atoms with Crippen molar-refractivity contribution in [3.05, 3.63) is 58.1 Å². The van der Waals surface area contributed by atoms with Crippen LogP contribution in [0.1, 0.15) is 29.6 Å². The number of anilines is 1. The van der Waals surface area contributed by atoms with E-state index in [4.69, 9.17) is 27.9 Å². The summed E-state index contributed by atoms with van der Waals surface area (Å²) in [6.45, 7) is 0.981. The molecule has 29 heavy (non-hydrogen) atoms. The molecule has 0 saturated carbocycles. The molecular weight excluding hydrogens is 413 g/mol. The van der Waals surface area contributed by atoms with Gasteiger partial charge in [-0.1, -0.05) is 41.4 Å². The van der Waals surface area contributed by atoms with Gasteiger partial charge in [-0.25, -0.2) is 4.79 Å². The van der Waals surface area contributed by atoms with Gasteiger partial charge < -0.3 is 20.3 Å². The summed E-state index contributed by atoms with van der Waals surface area (Å²) in [5.74, 6) is 0.186. The van der Waals surface area contributed by atoms with Gasteiger partial charge in [-0.05, 0) is 43.5 Å². The molecule has 1 saturated heterocycles. The average Bonchev–Trinajstić information content (AvgIpc) is 2.72. The fraction of sp³-hybridized carbons (Fsp3) is 0.333. The van der Waals surface area contributed by atoms with E-state index < -0.39 is 0 Å². The van der Waals surface area contributed by atoms with E-state index in [0.29, 0.717) is 30.1 Å². The Hall–Kier alpha value is -2.44. The average molecular weight is 436 g/mol. The number of methoxy groups -OCH3 is 1. The summed E-state index contributed by atoms with van der Waals surface area (Å²) in [5, 5.41) is 6.22. The van der Waals surface area contributed by atoms with Gasteiger partial charge in [-0.15, -0.1) is 0 Å². The Morgan fingerprint density at radius 2 is 1.83 bits per heavy atom. The fourth-order valence-electron chi connectivity index (χ4n) is 3.43. The number of piperidine rings is 1. The summed E-state index contributed by atoms with van der Waals surface area (Å²) in [4.78, 5) is 27.1. The molecule has 0 bridgehead atoms. The van der Waals surface area contributed by atoms with Crippen LogP contribution in [-0.4, -0.2) is 43.1 Å². The van der Waals surface area contributed by atoms with Crippen molar-refractivity contribution in [2.24, 2.45) is 0 Å². The van der Waals surface area contributed by atoms with E-state index in [1.807, 2.05) is 30.3 Å². The first-order chi connectivity index (χ1) is 14.0. The van der Waals surface area contributed by atoms with E-state index >= 15 is 0 Å². The first kappa shape index (κ1) is 21.3. The third-order valence-electron chi connectivity index (χ3n) is 4.87. The Labute approximate surface area is 180 Å².